The predicted molar refractivity (Wildman–Crippen MR) is 140 cm³/mol. The van der Waals surface area contributed by atoms with Gasteiger partial charge >= 0.3 is 5.97 Å². The van der Waals surface area contributed by atoms with Crippen LogP contribution in [0.2, 0.25) is 0 Å². The summed E-state index contributed by atoms with van der Waals surface area (Å²) >= 11 is 0. The van der Waals surface area contributed by atoms with Gasteiger partial charge in [-0.25, -0.2) is 8.42 Å². The zero-order chi connectivity index (χ0) is 26.3. The third kappa shape index (κ3) is 8.02. The van der Waals surface area contributed by atoms with Crippen molar-refractivity contribution in [2.45, 2.75) is 25.4 Å². The van der Waals surface area contributed by atoms with Gasteiger partial charge in [-0.2, -0.15) is 0 Å². The highest BCUT2D eigenvalue weighted by atomic mass is 32.2. The number of ether oxygens (including phenoxy) is 3. The average Bonchev–Trinajstić information content (AvgIpc) is 3.26. The largest absolute Gasteiger partial charge is 0.494 e. The number of rotatable bonds is 10. The van der Waals surface area contributed by atoms with Crippen LogP contribution in [-0.2, 0) is 21.2 Å². The van der Waals surface area contributed by atoms with Crippen LogP contribution in [0, 0.1) is 11.8 Å². The lowest BCUT2D eigenvalue weighted by atomic mass is 9.98. The first-order chi connectivity index (χ1) is 17.7. The predicted octanol–water partition coefficient (Wildman–Crippen LogP) is 4.43. The van der Waals surface area contributed by atoms with E-state index in [9.17, 15) is 13.2 Å². The van der Waals surface area contributed by atoms with E-state index in [1.54, 1.807) is 6.07 Å². The zero-order valence-electron chi connectivity index (χ0n) is 20.5. The van der Waals surface area contributed by atoms with Crippen molar-refractivity contribution in [2.75, 3.05) is 25.2 Å². The summed E-state index contributed by atoms with van der Waals surface area (Å²) in [5, 5.41) is 9.05. The van der Waals surface area contributed by atoms with Gasteiger partial charge in [-0.3, -0.25) is 4.79 Å². The van der Waals surface area contributed by atoms with Gasteiger partial charge in [0.05, 0.1) is 25.4 Å². The van der Waals surface area contributed by atoms with Gasteiger partial charge in [-0.15, -0.1) is 0 Å². The summed E-state index contributed by atoms with van der Waals surface area (Å²) in [6.45, 7) is 1.07. The van der Waals surface area contributed by atoms with Crippen LogP contribution >= 0.6 is 0 Å². The molecule has 3 aromatic rings. The zero-order valence-corrected chi connectivity index (χ0v) is 21.3. The number of hydrogen-bond donors (Lipinski definition) is 1. The second-order valence-corrected chi connectivity index (χ2v) is 11.2. The SMILES string of the molecule is CS(=O)(=O)CCCOc1ccc(C#Cc2cccc(COc3ccc4c(c3)OCC4CC(=O)O)c2)cc1. The molecule has 0 bridgehead atoms. The summed E-state index contributed by atoms with van der Waals surface area (Å²) in [4.78, 5) is 11.0. The first kappa shape index (κ1) is 26.1. The van der Waals surface area contributed by atoms with Gasteiger partial charge < -0.3 is 19.3 Å². The summed E-state index contributed by atoms with van der Waals surface area (Å²) in [6.07, 6.45) is 1.72. The van der Waals surface area contributed by atoms with Crippen LogP contribution in [0.25, 0.3) is 0 Å². The van der Waals surface area contributed by atoms with Gasteiger partial charge in [-0.1, -0.05) is 30.0 Å². The minimum atomic E-state index is -2.98. The molecule has 8 heteroatoms. The molecule has 0 radical (unpaired) electrons. The van der Waals surface area contributed by atoms with Crippen molar-refractivity contribution in [3.05, 3.63) is 89.0 Å². The molecule has 0 saturated heterocycles. The lowest BCUT2D eigenvalue weighted by molar-refractivity contribution is -0.137. The molecule has 0 spiro atoms. The summed E-state index contributed by atoms with van der Waals surface area (Å²) in [7, 11) is -2.98. The van der Waals surface area contributed by atoms with Gasteiger partial charge in [0.1, 0.15) is 33.7 Å². The lowest BCUT2D eigenvalue weighted by Crippen LogP contribution is -2.07. The number of aliphatic carboxylic acids is 1. The Labute approximate surface area is 216 Å². The summed E-state index contributed by atoms with van der Waals surface area (Å²) in [6, 6.07) is 20.7. The van der Waals surface area contributed by atoms with Crippen molar-refractivity contribution in [3.63, 3.8) is 0 Å². The number of benzene rings is 3. The number of carbonyl (C=O) groups is 1. The van der Waals surface area contributed by atoms with Gasteiger partial charge in [-0.05, 0) is 54.4 Å². The minimum absolute atomic E-state index is 0.0479. The van der Waals surface area contributed by atoms with Crippen molar-refractivity contribution in [3.8, 4) is 29.1 Å². The first-order valence-electron chi connectivity index (χ1n) is 11.9. The molecule has 1 atom stereocenters. The Bertz CT molecular complexity index is 1420. The molecule has 0 fully saturated rings. The van der Waals surface area contributed by atoms with E-state index in [1.165, 1.54) is 6.26 Å². The van der Waals surface area contributed by atoms with Crippen molar-refractivity contribution < 1.29 is 32.5 Å². The topological polar surface area (TPSA) is 99.1 Å². The Morgan fingerprint density at radius 3 is 2.51 bits per heavy atom. The lowest BCUT2D eigenvalue weighted by Gasteiger charge is -2.09. The summed E-state index contributed by atoms with van der Waals surface area (Å²) in [5.41, 5.74) is 3.56. The maximum atomic E-state index is 11.2. The maximum Gasteiger partial charge on any atom is 0.304 e. The molecule has 3 aromatic carbocycles. The monoisotopic (exact) mass is 520 g/mol. The normalized spacial score (nSPS) is 14.1. The van der Waals surface area contributed by atoms with Crippen LogP contribution in [0.5, 0.6) is 17.2 Å². The minimum Gasteiger partial charge on any atom is -0.494 e. The first-order valence-corrected chi connectivity index (χ1v) is 13.9. The molecule has 1 heterocycles. The van der Waals surface area contributed by atoms with E-state index >= 15 is 0 Å². The molecule has 1 unspecified atom stereocenters. The van der Waals surface area contributed by atoms with E-state index in [-0.39, 0.29) is 18.1 Å². The number of carboxylic acid groups (broad SMARTS) is 1. The molecule has 0 aliphatic carbocycles. The highest BCUT2D eigenvalue weighted by Gasteiger charge is 2.26. The van der Waals surface area contributed by atoms with Crippen LogP contribution in [-0.4, -0.2) is 44.7 Å². The second kappa shape index (κ2) is 11.8. The van der Waals surface area contributed by atoms with Crippen LogP contribution in [0.3, 0.4) is 0 Å². The van der Waals surface area contributed by atoms with Gasteiger partial charge in [0.15, 0.2) is 0 Å². The molecule has 0 saturated carbocycles. The fourth-order valence-electron chi connectivity index (χ4n) is 3.92. The van der Waals surface area contributed by atoms with Crippen molar-refractivity contribution in [1.82, 2.24) is 0 Å². The number of fused-ring (bicyclic) bond motifs is 1. The molecule has 7 nitrogen and oxygen atoms in total. The summed E-state index contributed by atoms with van der Waals surface area (Å²) < 4.78 is 39.5. The Kier molecular flexibility index (Phi) is 8.36. The highest BCUT2D eigenvalue weighted by molar-refractivity contribution is 7.90. The molecule has 1 N–H and O–H groups in total. The van der Waals surface area contributed by atoms with E-state index in [4.69, 9.17) is 19.3 Å². The molecule has 0 aromatic heterocycles. The smallest absolute Gasteiger partial charge is 0.304 e. The van der Waals surface area contributed by atoms with E-state index < -0.39 is 15.8 Å². The third-order valence-corrected chi connectivity index (χ3v) is 6.78. The molecular weight excluding hydrogens is 492 g/mol. The van der Waals surface area contributed by atoms with Crippen LogP contribution in [0.4, 0.5) is 0 Å². The quantitative estimate of drug-likeness (QED) is 0.312. The van der Waals surface area contributed by atoms with Gasteiger partial charge in [0, 0.05) is 34.9 Å². The molecule has 192 valence electrons. The Morgan fingerprint density at radius 2 is 1.76 bits per heavy atom. The van der Waals surface area contributed by atoms with Crippen molar-refractivity contribution >= 4 is 15.8 Å². The maximum absolute atomic E-state index is 11.2. The van der Waals surface area contributed by atoms with Crippen molar-refractivity contribution in [1.29, 1.82) is 0 Å². The number of sulfone groups is 1. The molecule has 1 aliphatic heterocycles. The Balaban J connectivity index is 1.31. The fraction of sp³-hybridized carbons (Fsp3) is 0.276. The van der Waals surface area contributed by atoms with E-state index in [0.29, 0.717) is 43.5 Å². The molecular formula is C29H28O7S. The standard InChI is InChI=1S/C29H28O7S/c1-37(32,33)15-3-14-34-25-10-8-21(9-11-25)6-7-22-4-2-5-23(16-22)19-35-26-12-13-27-24(17-29(30)31)20-36-28(27)18-26/h2,4-5,8-13,16,18,24H,3,14-15,17,19-20H2,1H3,(H,30,31). The molecule has 4 rings (SSSR count). The second-order valence-electron chi connectivity index (χ2n) is 8.90. The Morgan fingerprint density at radius 1 is 1.00 bits per heavy atom. The average molecular weight is 521 g/mol. The highest BCUT2D eigenvalue weighted by Crippen LogP contribution is 2.38. The van der Waals surface area contributed by atoms with Crippen molar-refractivity contribution in [2.24, 2.45) is 0 Å². The van der Waals surface area contributed by atoms with E-state index in [0.717, 1.165) is 22.3 Å². The van der Waals surface area contributed by atoms with Crippen LogP contribution in [0.1, 0.15) is 41.0 Å². The third-order valence-electron chi connectivity index (χ3n) is 5.75. The van der Waals surface area contributed by atoms with Gasteiger partial charge in [0.2, 0.25) is 0 Å². The number of carboxylic acids is 1. The van der Waals surface area contributed by atoms with E-state index in [1.807, 2.05) is 60.7 Å². The van der Waals surface area contributed by atoms with E-state index in [2.05, 4.69) is 11.8 Å². The van der Waals surface area contributed by atoms with Crippen LogP contribution in [0.15, 0.2) is 66.7 Å². The van der Waals surface area contributed by atoms with Crippen LogP contribution < -0.4 is 14.2 Å². The molecule has 1 aliphatic rings. The Hall–Kier alpha value is -3.96. The molecule has 0 amide bonds. The summed E-state index contributed by atoms with van der Waals surface area (Å²) in [5.74, 6) is 7.44. The fourth-order valence-corrected chi connectivity index (χ4v) is 4.56. The number of hydrogen-bond acceptors (Lipinski definition) is 6. The molecule has 37 heavy (non-hydrogen) atoms. The van der Waals surface area contributed by atoms with Gasteiger partial charge in [0.25, 0.3) is 0 Å².